The van der Waals surface area contributed by atoms with Crippen molar-refractivity contribution in [3.63, 3.8) is 0 Å². The smallest absolute Gasteiger partial charge is 0.154 e. The van der Waals surface area contributed by atoms with Crippen molar-refractivity contribution in [1.82, 2.24) is 4.98 Å². The molecule has 0 aliphatic heterocycles. The summed E-state index contributed by atoms with van der Waals surface area (Å²) in [4.78, 5) is 4.14. The van der Waals surface area contributed by atoms with Gasteiger partial charge in [-0.05, 0) is 43.7 Å². The fraction of sp³-hybridized carbons (Fsp3) is 0.316. The van der Waals surface area contributed by atoms with E-state index in [1.807, 2.05) is 32.9 Å². The third-order valence-electron chi connectivity index (χ3n) is 4.09. The molecule has 1 aromatic carbocycles. The van der Waals surface area contributed by atoms with Gasteiger partial charge in [-0.1, -0.05) is 42.3 Å². The third kappa shape index (κ3) is 3.59. The normalized spacial score (nSPS) is 15.7. The summed E-state index contributed by atoms with van der Waals surface area (Å²) in [5, 5.41) is 12.7. The van der Waals surface area contributed by atoms with Crippen molar-refractivity contribution in [3.05, 3.63) is 75.7 Å². The van der Waals surface area contributed by atoms with Crippen LogP contribution in [0.15, 0.2) is 54.6 Å². The molecule has 1 heterocycles. The Balaban J connectivity index is 2.61. The van der Waals surface area contributed by atoms with Gasteiger partial charge in [0.25, 0.3) is 0 Å². The first-order valence-corrected chi connectivity index (χ1v) is 8.58. The van der Waals surface area contributed by atoms with Crippen LogP contribution in [0.25, 0.3) is 0 Å². The second-order valence-corrected chi connectivity index (χ2v) is 6.33. The van der Waals surface area contributed by atoms with Gasteiger partial charge in [-0.3, -0.25) is 4.98 Å². The fourth-order valence-corrected chi connectivity index (χ4v) is 3.41. The van der Waals surface area contributed by atoms with Gasteiger partial charge in [-0.15, -0.1) is 0 Å². The van der Waals surface area contributed by atoms with Gasteiger partial charge in [0.05, 0.1) is 6.61 Å². The van der Waals surface area contributed by atoms with Gasteiger partial charge < -0.3 is 9.84 Å². The molecule has 2 rings (SSSR count). The first-order valence-electron chi connectivity index (χ1n) is 7.82. The maximum atomic E-state index is 11.7. The molecule has 0 bridgehead atoms. The molecule has 5 heteroatoms. The summed E-state index contributed by atoms with van der Waals surface area (Å²) in [7, 11) is 0. The van der Waals surface area contributed by atoms with Crippen LogP contribution >= 0.6 is 23.2 Å². The molecule has 0 saturated carbocycles. The molecule has 2 aromatic rings. The van der Waals surface area contributed by atoms with Crippen LogP contribution in [0.1, 0.15) is 37.8 Å². The number of benzene rings is 1. The molecule has 0 spiro atoms. The second kappa shape index (κ2) is 8.02. The van der Waals surface area contributed by atoms with Gasteiger partial charge in [0.2, 0.25) is 0 Å². The van der Waals surface area contributed by atoms with Crippen molar-refractivity contribution in [2.45, 2.75) is 32.3 Å². The highest BCUT2D eigenvalue weighted by atomic mass is 35.5. The Bertz CT molecular complexity index is 719. The molecule has 0 aliphatic carbocycles. The van der Waals surface area contributed by atoms with Gasteiger partial charge in [0.15, 0.2) is 5.60 Å². The molecule has 0 saturated heterocycles. The fourth-order valence-electron chi connectivity index (χ4n) is 2.84. The number of hydrogen-bond donors (Lipinski definition) is 1. The van der Waals surface area contributed by atoms with E-state index in [4.69, 9.17) is 27.9 Å². The number of hydrogen-bond acceptors (Lipinski definition) is 3. The molecule has 2 unspecified atom stereocenters. The summed E-state index contributed by atoms with van der Waals surface area (Å²) >= 11 is 12.4. The van der Waals surface area contributed by atoms with Crippen molar-refractivity contribution in [3.8, 4) is 0 Å². The maximum Gasteiger partial charge on any atom is 0.154 e. The van der Waals surface area contributed by atoms with Crippen LogP contribution in [0, 0.1) is 0 Å². The van der Waals surface area contributed by atoms with E-state index in [-0.39, 0.29) is 5.92 Å². The second-order valence-electron chi connectivity index (χ2n) is 5.48. The molecule has 0 aliphatic rings. The predicted molar refractivity (Wildman–Crippen MR) is 98.4 cm³/mol. The van der Waals surface area contributed by atoms with Crippen molar-refractivity contribution < 1.29 is 9.84 Å². The van der Waals surface area contributed by atoms with E-state index in [1.165, 1.54) is 0 Å². The summed E-state index contributed by atoms with van der Waals surface area (Å²) in [5.74, 6) is 0.0979. The minimum Gasteiger partial charge on any atom is -0.495 e. The molecule has 1 N–H and O–H groups in total. The molecule has 0 fully saturated rings. The predicted octanol–water partition coefficient (Wildman–Crippen LogP) is 5.32. The monoisotopic (exact) mass is 365 g/mol. The average Bonchev–Trinajstić information content (AvgIpc) is 2.59. The summed E-state index contributed by atoms with van der Waals surface area (Å²) in [6.07, 6.45) is 5.08. The summed E-state index contributed by atoms with van der Waals surface area (Å²) < 4.78 is 5.73. The minimum atomic E-state index is -1.39. The Morgan fingerprint density at radius 1 is 1.38 bits per heavy atom. The Kier molecular flexibility index (Phi) is 6.27. The van der Waals surface area contributed by atoms with Gasteiger partial charge in [-0.2, -0.15) is 0 Å². The van der Waals surface area contributed by atoms with E-state index in [0.717, 1.165) is 5.56 Å². The molecular formula is C19H21Cl2NO2. The minimum absolute atomic E-state index is 0.371. The zero-order valence-corrected chi connectivity index (χ0v) is 15.5. The van der Waals surface area contributed by atoms with E-state index in [1.54, 1.807) is 36.7 Å². The Labute approximate surface area is 152 Å². The lowest BCUT2D eigenvalue weighted by Crippen LogP contribution is -2.36. The first-order chi connectivity index (χ1) is 11.4. The van der Waals surface area contributed by atoms with Crippen molar-refractivity contribution >= 4 is 23.2 Å². The number of aliphatic hydroxyl groups is 1. The highest BCUT2D eigenvalue weighted by Gasteiger charge is 2.42. The van der Waals surface area contributed by atoms with Crippen molar-refractivity contribution in [1.29, 1.82) is 0 Å². The summed E-state index contributed by atoms with van der Waals surface area (Å²) in [6.45, 7) is 6.07. The number of pyridine rings is 1. The summed E-state index contributed by atoms with van der Waals surface area (Å²) in [5.41, 5.74) is 0.0350. The SMILES string of the molecule is C/C=C(/OCC)C(O)(c1cccnc1)C(C)c1ccc(Cl)cc1Cl. The summed E-state index contributed by atoms with van der Waals surface area (Å²) in [6, 6.07) is 8.88. The molecule has 24 heavy (non-hydrogen) atoms. The molecule has 2 atom stereocenters. The Morgan fingerprint density at radius 2 is 2.12 bits per heavy atom. The zero-order chi connectivity index (χ0) is 17.7. The van der Waals surface area contributed by atoms with Gasteiger partial charge >= 0.3 is 0 Å². The van der Waals surface area contributed by atoms with Crippen LogP contribution in [0.3, 0.4) is 0 Å². The lowest BCUT2D eigenvalue weighted by molar-refractivity contribution is -0.0104. The van der Waals surface area contributed by atoms with Crippen molar-refractivity contribution in [2.75, 3.05) is 6.61 Å². The lowest BCUT2D eigenvalue weighted by atomic mass is 9.77. The maximum absolute atomic E-state index is 11.7. The number of aromatic nitrogens is 1. The third-order valence-corrected chi connectivity index (χ3v) is 4.66. The molecule has 1 aromatic heterocycles. The van der Waals surface area contributed by atoms with Crippen molar-refractivity contribution in [2.24, 2.45) is 0 Å². The van der Waals surface area contributed by atoms with Crippen LogP contribution in [-0.2, 0) is 10.3 Å². The number of halogens is 2. The van der Waals surface area contributed by atoms with E-state index in [2.05, 4.69) is 4.98 Å². The first kappa shape index (κ1) is 18.8. The molecular weight excluding hydrogens is 345 g/mol. The molecule has 128 valence electrons. The zero-order valence-electron chi connectivity index (χ0n) is 14.0. The average molecular weight is 366 g/mol. The quantitative estimate of drug-likeness (QED) is 0.704. The number of ether oxygens (including phenoxy) is 1. The van der Waals surface area contributed by atoms with Gasteiger partial charge in [0.1, 0.15) is 5.76 Å². The van der Waals surface area contributed by atoms with Crippen LogP contribution in [0.4, 0.5) is 0 Å². The van der Waals surface area contributed by atoms with Crippen LogP contribution in [-0.4, -0.2) is 16.7 Å². The van der Waals surface area contributed by atoms with E-state index in [9.17, 15) is 5.11 Å². The van der Waals surface area contributed by atoms with Gasteiger partial charge in [-0.25, -0.2) is 0 Å². The van der Waals surface area contributed by atoms with E-state index < -0.39 is 5.60 Å². The Hall–Kier alpha value is -1.55. The topological polar surface area (TPSA) is 42.4 Å². The lowest BCUT2D eigenvalue weighted by Gasteiger charge is -2.36. The van der Waals surface area contributed by atoms with Crippen LogP contribution in [0.5, 0.6) is 0 Å². The standard InChI is InChI=1S/C19H21Cl2NO2/c1-4-18(24-5-2)19(23,14-7-6-10-22-12-14)13(3)16-9-8-15(20)11-17(16)21/h4,6-13,23H,5H2,1-3H3/b18-4+. The molecule has 0 radical (unpaired) electrons. The van der Waals surface area contributed by atoms with Gasteiger partial charge in [0, 0.05) is 33.9 Å². The highest BCUT2D eigenvalue weighted by Crippen LogP contribution is 2.44. The van der Waals surface area contributed by atoms with Crippen LogP contribution < -0.4 is 0 Å². The van der Waals surface area contributed by atoms with E-state index >= 15 is 0 Å². The Morgan fingerprint density at radius 3 is 2.67 bits per heavy atom. The highest BCUT2D eigenvalue weighted by molar-refractivity contribution is 6.35. The van der Waals surface area contributed by atoms with E-state index in [0.29, 0.717) is 28.0 Å². The number of allylic oxidation sites excluding steroid dienone is 1. The largest absolute Gasteiger partial charge is 0.495 e. The van der Waals surface area contributed by atoms with Crippen LogP contribution in [0.2, 0.25) is 10.0 Å². The molecule has 0 amide bonds. The number of rotatable bonds is 6. The molecule has 3 nitrogen and oxygen atoms in total. The number of nitrogens with zero attached hydrogens (tertiary/aromatic N) is 1.